The highest BCUT2D eigenvalue weighted by Crippen LogP contribution is 2.34. The van der Waals surface area contributed by atoms with Gasteiger partial charge in [0, 0.05) is 18.5 Å². The van der Waals surface area contributed by atoms with Gasteiger partial charge in [0.05, 0.1) is 23.4 Å². The molecule has 7 nitrogen and oxygen atoms in total. The minimum absolute atomic E-state index is 0.180. The van der Waals surface area contributed by atoms with Gasteiger partial charge in [-0.15, -0.1) is 0 Å². The summed E-state index contributed by atoms with van der Waals surface area (Å²) in [7, 11) is 0. The van der Waals surface area contributed by atoms with Gasteiger partial charge in [-0.1, -0.05) is 23.5 Å². The van der Waals surface area contributed by atoms with Gasteiger partial charge in [0.25, 0.3) is 5.91 Å². The number of nitrogens with zero attached hydrogens (tertiary/aromatic N) is 3. The zero-order valence-electron chi connectivity index (χ0n) is 17.9. The number of amides is 1. The van der Waals surface area contributed by atoms with E-state index in [4.69, 9.17) is 19.2 Å². The van der Waals surface area contributed by atoms with Gasteiger partial charge in [0.2, 0.25) is 6.79 Å². The highest BCUT2D eigenvalue weighted by Gasteiger charge is 2.19. The van der Waals surface area contributed by atoms with Gasteiger partial charge in [-0.05, 0) is 60.5 Å². The van der Waals surface area contributed by atoms with Crippen molar-refractivity contribution in [1.82, 2.24) is 9.97 Å². The molecule has 0 saturated carbocycles. The Hall–Kier alpha value is -3.91. The molecular formula is C25H21N3O4S. The number of rotatable bonds is 7. The summed E-state index contributed by atoms with van der Waals surface area (Å²) < 4.78 is 17.3. The van der Waals surface area contributed by atoms with Crippen LogP contribution >= 0.6 is 11.3 Å². The number of pyridine rings is 1. The lowest BCUT2D eigenvalue weighted by atomic mass is 10.2. The van der Waals surface area contributed by atoms with Gasteiger partial charge in [-0.2, -0.15) is 0 Å². The van der Waals surface area contributed by atoms with Gasteiger partial charge >= 0.3 is 0 Å². The van der Waals surface area contributed by atoms with Crippen molar-refractivity contribution >= 4 is 38.7 Å². The van der Waals surface area contributed by atoms with Crippen LogP contribution in [0.5, 0.6) is 17.2 Å². The maximum absolute atomic E-state index is 13.3. The Morgan fingerprint density at radius 1 is 1.18 bits per heavy atom. The van der Waals surface area contributed by atoms with Gasteiger partial charge in [0.15, 0.2) is 16.6 Å². The monoisotopic (exact) mass is 459 g/mol. The molecule has 0 bridgehead atoms. The Morgan fingerprint density at radius 3 is 2.94 bits per heavy atom. The zero-order chi connectivity index (χ0) is 22.6. The summed E-state index contributed by atoms with van der Waals surface area (Å²) in [5.74, 6) is 1.99. The second kappa shape index (κ2) is 9.30. The summed E-state index contributed by atoms with van der Waals surface area (Å²) in [5.41, 5.74) is 2.58. The maximum Gasteiger partial charge on any atom is 0.253 e. The first-order valence-corrected chi connectivity index (χ1v) is 11.3. The molecule has 1 aliphatic heterocycles. The topological polar surface area (TPSA) is 73.8 Å². The average Bonchev–Trinajstić information content (AvgIpc) is 3.48. The molecule has 0 fully saturated rings. The number of ether oxygens (including phenoxy) is 3. The van der Waals surface area contributed by atoms with E-state index in [1.165, 1.54) is 11.3 Å². The number of thiazole rings is 1. The van der Waals surface area contributed by atoms with Crippen molar-refractivity contribution in [2.75, 3.05) is 18.3 Å². The number of carbonyl (C=O) groups is 1. The van der Waals surface area contributed by atoms with Crippen molar-refractivity contribution in [3.63, 3.8) is 0 Å². The summed E-state index contributed by atoms with van der Waals surface area (Å²) in [6, 6.07) is 15.1. The Balaban J connectivity index is 1.45. The Kier molecular flexibility index (Phi) is 5.91. The first-order valence-electron chi connectivity index (χ1n) is 10.5. The fourth-order valence-corrected chi connectivity index (χ4v) is 4.45. The van der Waals surface area contributed by atoms with Crippen molar-refractivity contribution in [3.05, 3.63) is 78.1 Å². The van der Waals surface area contributed by atoms with Crippen LogP contribution in [0.2, 0.25) is 0 Å². The molecule has 0 aliphatic carbocycles. The summed E-state index contributed by atoms with van der Waals surface area (Å²) in [6.45, 7) is 3.11. The molecule has 4 aromatic rings. The molecule has 1 amide bonds. The number of anilines is 1. The van der Waals surface area contributed by atoms with E-state index in [1.54, 1.807) is 29.4 Å². The number of carbonyl (C=O) groups excluding carboxylic acids is 1. The third kappa shape index (κ3) is 4.65. The normalized spacial score (nSPS) is 12.4. The van der Waals surface area contributed by atoms with Crippen molar-refractivity contribution in [3.8, 4) is 17.2 Å². The second-order valence-corrected chi connectivity index (χ2v) is 8.30. The molecule has 3 heterocycles. The van der Waals surface area contributed by atoms with E-state index in [0.717, 1.165) is 27.1 Å². The van der Waals surface area contributed by atoms with Crippen LogP contribution in [0, 0.1) is 0 Å². The molecule has 0 radical (unpaired) electrons. The summed E-state index contributed by atoms with van der Waals surface area (Å²) in [6.07, 6.45) is 6.77. The van der Waals surface area contributed by atoms with Crippen molar-refractivity contribution in [2.24, 2.45) is 0 Å². The van der Waals surface area contributed by atoms with E-state index in [2.05, 4.69) is 4.98 Å². The fraction of sp³-hybridized carbons (Fsp3) is 0.160. The van der Waals surface area contributed by atoms with E-state index >= 15 is 0 Å². The van der Waals surface area contributed by atoms with E-state index in [-0.39, 0.29) is 12.7 Å². The van der Waals surface area contributed by atoms with Crippen molar-refractivity contribution in [2.45, 2.75) is 13.5 Å². The Labute approximate surface area is 194 Å². The van der Waals surface area contributed by atoms with E-state index in [1.807, 2.05) is 55.5 Å². The van der Waals surface area contributed by atoms with E-state index < -0.39 is 0 Å². The summed E-state index contributed by atoms with van der Waals surface area (Å²) in [5, 5.41) is 0.614. The van der Waals surface area contributed by atoms with Gasteiger partial charge in [-0.3, -0.25) is 14.7 Å². The highest BCUT2D eigenvalue weighted by atomic mass is 32.1. The van der Waals surface area contributed by atoms with Crippen LogP contribution in [0.1, 0.15) is 18.1 Å². The first kappa shape index (κ1) is 21.0. The lowest BCUT2D eigenvalue weighted by Gasteiger charge is -2.18. The minimum Gasteiger partial charge on any atom is -0.494 e. The van der Waals surface area contributed by atoms with Crippen LogP contribution < -0.4 is 19.1 Å². The number of hydrogen-bond acceptors (Lipinski definition) is 7. The number of benzene rings is 2. The molecule has 0 saturated heterocycles. The predicted molar refractivity (Wildman–Crippen MR) is 128 cm³/mol. The summed E-state index contributed by atoms with van der Waals surface area (Å²) >= 11 is 1.45. The molecule has 2 aromatic carbocycles. The van der Waals surface area contributed by atoms with Crippen molar-refractivity contribution < 1.29 is 19.0 Å². The summed E-state index contributed by atoms with van der Waals surface area (Å²) in [4.78, 5) is 23.9. The highest BCUT2D eigenvalue weighted by molar-refractivity contribution is 7.22. The van der Waals surface area contributed by atoms with Gasteiger partial charge < -0.3 is 14.2 Å². The largest absolute Gasteiger partial charge is 0.494 e. The standard InChI is InChI=1S/C25H21N3O4S/c1-2-30-19-7-8-20-23(13-19)33-25(27-20)28(15-18-4-3-11-26-14-18)24(29)10-6-17-5-9-21-22(12-17)32-16-31-21/h3-14H,2,15-16H2,1H3/b10-6+. The number of aromatic nitrogens is 2. The first-order chi connectivity index (χ1) is 16.2. The molecule has 2 aromatic heterocycles. The third-order valence-corrected chi connectivity index (χ3v) is 6.08. The fourth-order valence-electron chi connectivity index (χ4n) is 3.45. The van der Waals surface area contributed by atoms with Gasteiger partial charge in [-0.25, -0.2) is 4.98 Å². The van der Waals surface area contributed by atoms with Crippen molar-refractivity contribution in [1.29, 1.82) is 0 Å². The maximum atomic E-state index is 13.3. The molecule has 1 aliphatic rings. The molecule has 0 N–H and O–H groups in total. The van der Waals surface area contributed by atoms with Crippen LogP contribution in [0.25, 0.3) is 16.3 Å². The van der Waals surface area contributed by atoms with Crippen LogP contribution in [0.15, 0.2) is 67.0 Å². The number of hydrogen-bond donors (Lipinski definition) is 0. The van der Waals surface area contributed by atoms with Gasteiger partial charge in [0.1, 0.15) is 5.75 Å². The molecular weight excluding hydrogens is 438 g/mol. The minimum atomic E-state index is -0.180. The molecule has 0 unspecified atom stereocenters. The number of fused-ring (bicyclic) bond motifs is 2. The average molecular weight is 460 g/mol. The molecule has 33 heavy (non-hydrogen) atoms. The van der Waals surface area contributed by atoms with Crippen LogP contribution in [0.3, 0.4) is 0 Å². The second-order valence-electron chi connectivity index (χ2n) is 7.29. The molecule has 0 spiro atoms. The molecule has 0 atom stereocenters. The lowest BCUT2D eigenvalue weighted by Crippen LogP contribution is -2.28. The quantitative estimate of drug-likeness (QED) is 0.360. The molecule has 5 rings (SSSR count). The Morgan fingerprint density at radius 2 is 2.09 bits per heavy atom. The smallest absolute Gasteiger partial charge is 0.253 e. The Bertz CT molecular complexity index is 1320. The van der Waals surface area contributed by atoms with E-state index in [0.29, 0.717) is 29.8 Å². The predicted octanol–water partition coefficient (Wildman–Crippen LogP) is 5.07. The SMILES string of the molecule is CCOc1ccc2nc(N(Cc3cccnc3)C(=O)/C=C/c3ccc4c(c3)OCO4)sc2c1. The van der Waals surface area contributed by atoms with Crippen LogP contribution in [-0.2, 0) is 11.3 Å². The van der Waals surface area contributed by atoms with Crippen LogP contribution in [-0.4, -0.2) is 29.3 Å². The molecule has 166 valence electrons. The zero-order valence-corrected chi connectivity index (χ0v) is 18.7. The molecule has 8 heteroatoms. The lowest BCUT2D eigenvalue weighted by molar-refractivity contribution is -0.114. The van der Waals surface area contributed by atoms with Crippen LogP contribution in [0.4, 0.5) is 5.13 Å². The third-order valence-electron chi connectivity index (χ3n) is 5.04. The van der Waals surface area contributed by atoms with E-state index in [9.17, 15) is 4.79 Å².